The molecule has 28 heavy (non-hydrogen) atoms. The number of hydrogen-bond acceptors (Lipinski definition) is 5. The quantitative estimate of drug-likeness (QED) is 0.498. The van der Waals surface area contributed by atoms with Gasteiger partial charge in [0.15, 0.2) is 17.5 Å². The molecule has 2 rings (SSSR count). The zero-order valence-corrected chi connectivity index (χ0v) is 16.5. The highest BCUT2D eigenvalue weighted by Gasteiger charge is 2.22. The second-order valence-electron chi connectivity index (χ2n) is 6.97. The van der Waals surface area contributed by atoms with Gasteiger partial charge in [-0.1, -0.05) is 32.5 Å². The molecule has 2 aromatic rings. The van der Waals surface area contributed by atoms with Gasteiger partial charge in [0.1, 0.15) is 5.82 Å². The SMILES string of the molecule is C[C@@H](Sc1n[nH]c(C(C)(C)C)n1)C(=O)NCC(=O)Nc1ccc(F)c(F)c1F. The number of thioether (sulfide) groups is 1. The van der Waals surface area contributed by atoms with Gasteiger partial charge in [0.2, 0.25) is 17.0 Å². The number of anilines is 1. The Morgan fingerprint density at radius 2 is 1.89 bits per heavy atom. The number of nitrogens with one attached hydrogen (secondary N) is 3. The van der Waals surface area contributed by atoms with Crippen LogP contribution in [0.5, 0.6) is 0 Å². The van der Waals surface area contributed by atoms with E-state index in [0.717, 1.165) is 17.8 Å². The predicted molar refractivity (Wildman–Crippen MR) is 98.4 cm³/mol. The summed E-state index contributed by atoms with van der Waals surface area (Å²) in [5.41, 5.74) is -0.735. The average molecular weight is 415 g/mol. The topological polar surface area (TPSA) is 99.8 Å². The average Bonchev–Trinajstić information content (AvgIpc) is 3.09. The summed E-state index contributed by atoms with van der Waals surface area (Å²) in [5, 5.41) is 11.1. The summed E-state index contributed by atoms with van der Waals surface area (Å²) in [7, 11) is 0. The van der Waals surface area contributed by atoms with E-state index in [2.05, 4.69) is 25.8 Å². The Balaban J connectivity index is 1.86. The fourth-order valence-corrected chi connectivity index (χ4v) is 2.72. The highest BCUT2D eigenvalue weighted by atomic mass is 32.2. The minimum absolute atomic E-state index is 0.218. The molecule has 3 N–H and O–H groups in total. The molecular formula is C17H20F3N5O2S. The van der Waals surface area contributed by atoms with E-state index < -0.39 is 46.7 Å². The lowest BCUT2D eigenvalue weighted by atomic mass is 9.96. The van der Waals surface area contributed by atoms with Crippen LogP contribution in [0.2, 0.25) is 0 Å². The molecule has 1 heterocycles. The third-order valence-corrected chi connectivity index (χ3v) is 4.52. The van der Waals surface area contributed by atoms with Gasteiger partial charge in [0, 0.05) is 5.41 Å². The van der Waals surface area contributed by atoms with Crippen LogP contribution in [0.4, 0.5) is 18.9 Å². The van der Waals surface area contributed by atoms with E-state index in [1.165, 1.54) is 0 Å². The second kappa shape index (κ2) is 8.63. The van der Waals surface area contributed by atoms with Crippen molar-refractivity contribution in [3.05, 3.63) is 35.4 Å². The fourth-order valence-electron chi connectivity index (χ4n) is 1.97. The van der Waals surface area contributed by atoms with Crippen LogP contribution in [0, 0.1) is 17.5 Å². The number of nitrogens with zero attached hydrogens (tertiary/aromatic N) is 2. The molecule has 0 saturated carbocycles. The Hall–Kier alpha value is -2.56. The minimum Gasteiger partial charge on any atom is -0.346 e. The number of rotatable bonds is 6. The Bertz CT molecular complexity index is 882. The summed E-state index contributed by atoms with van der Waals surface area (Å²) >= 11 is 1.10. The first-order valence-corrected chi connectivity index (χ1v) is 9.17. The van der Waals surface area contributed by atoms with Crippen molar-refractivity contribution in [1.82, 2.24) is 20.5 Å². The van der Waals surface area contributed by atoms with Crippen LogP contribution >= 0.6 is 11.8 Å². The van der Waals surface area contributed by atoms with E-state index in [1.54, 1.807) is 6.92 Å². The van der Waals surface area contributed by atoms with Gasteiger partial charge < -0.3 is 10.6 Å². The first kappa shape index (κ1) is 21.7. The van der Waals surface area contributed by atoms with Crippen molar-refractivity contribution in [1.29, 1.82) is 0 Å². The molecule has 1 atom stereocenters. The number of amides is 2. The number of carbonyl (C=O) groups excluding carboxylic acids is 2. The highest BCUT2D eigenvalue weighted by Crippen LogP contribution is 2.24. The molecule has 0 unspecified atom stereocenters. The van der Waals surface area contributed by atoms with Crippen molar-refractivity contribution in [2.45, 2.75) is 43.5 Å². The molecule has 0 bridgehead atoms. The maximum Gasteiger partial charge on any atom is 0.243 e. The number of halogens is 3. The third kappa shape index (κ3) is 5.47. The summed E-state index contributed by atoms with van der Waals surface area (Å²) in [5.74, 6) is -5.14. The lowest BCUT2D eigenvalue weighted by molar-refractivity contribution is -0.123. The molecule has 11 heteroatoms. The largest absolute Gasteiger partial charge is 0.346 e. The summed E-state index contributed by atoms with van der Waals surface area (Å²) in [6, 6.07) is 1.58. The smallest absolute Gasteiger partial charge is 0.243 e. The normalized spacial score (nSPS) is 12.5. The molecule has 0 fully saturated rings. The number of hydrogen-bond donors (Lipinski definition) is 3. The van der Waals surface area contributed by atoms with E-state index in [1.807, 2.05) is 20.8 Å². The Labute approximate surface area is 163 Å². The van der Waals surface area contributed by atoms with E-state index in [4.69, 9.17) is 0 Å². The Morgan fingerprint density at radius 3 is 2.50 bits per heavy atom. The summed E-state index contributed by atoms with van der Waals surface area (Å²) in [4.78, 5) is 28.2. The van der Waals surface area contributed by atoms with Crippen LogP contribution in [0.3, 0.4) is 0 Å². The third-order valence-electron chi connectivity index (χ3n) is 3.56. The van der Waals surface area contributed by atoms with E-state index in [9.17, 15) is 22.8 Å². The lowest BCUT2D eigenvalue weighted by Gasteiger charge is -2.13. The number of carbonyl (C=O) groups is 2. The van der Waals surface area contributed by atoms with Gasteiger partial charge >= 0.3 is 0 Å². The van der Waals surface area contributed by atoms with Crippen molar-refractivity contribution in [3.8, 4) is 0 Å². The number of benzene rings is 1. The van der Waals surface area contributed by atoms with Crippen LogP contribution < -0.4 is 10.6 Å². The van der Waals surface area contributed by atoms with E-state index in [-0.39, 0.29) is 5.41 Å². The summed E-state index contributed by atoms with van der Waals surface area (Å²) in [6.45, 7) is 7.04. The maximum atomic E-state index is 13.5. The maximum absolute atomic E-state index is 13.5. The molecule has 2 amide bonds. The van der Waals surface area contributed by atoms with Gasteiger partial charge in [-0.05, 0) is 19.1 Å². The summed E-state index contributed by atoms with van der Waals surface area (Å²) < 4.78 is 39.6. The second-order valence-corrected chi connectivity index (χ2v) is 8.27. The van der Waals surface area contributed by atoms with Gasteiger partial charge in [-0.3, -0.25) is 14.7 Å². The molecule has 7 nitrogen and oxygen atoms in total. The zero-order valence-electron chi connectivity index (χ0n) is 15.7. The van der Waals surface area contributed by atoms with Crippen molar-refractivity contribution < 1.29 is 22.8 Å². The van der Waals surface area contributed by atoms with Crippen LogP contribution in [0.1, 0.15) is 33.5 Å². The number of aromatic nitrogens is 3. The molecule has 1 aromatic carbocycles. The van der Waals surface area contributed by atoms with Crippen LogP contribution in [0.25, 0.3) is 0 Å². The Kier molecular flexibility index (Phi) is 6.70. The van der Waals surface area contributed by atoms with Crippen LogP contribution in [-0.4, -0.2) is 38.8 Å². The first-order chi connectivity index (χ1) is 13.0. The van der Waals surface area contributed by atoms with Crippen molar-refractivity contribution in [2.75, 3.05) is 11.9 Å². The fraction of sp³-hybridized carbons (Fsp3) is 0.412. The summed E-state index contributed by atoms with van der Waals surface area (Å²) in [6.07, 6.45) is 0. The monoisotopic (exact) mass is 415 g/mol. The highest BCUT2D eigenvalue weighted by molar-refractivity contribution is 8.00. The molecule has 0 saturated heterocycles. The standard InChI is InChI=1S/C17H20F3N5O2S/c1-8(28-16-23-15(24-25-16)17(2,3)4)14(27)21-7-11(26)22-10-6-5-9(18)12(19)13(10)20/h5-6,8H,7H2,1-4H3,(H,21,27)(H,22,26)(H,23,24,25)/t8-/m1/s1. The van der Waals surface area contributed by atoms with Gasteiger partial charge in [-0.15, -0.1) is 5.10 Å². The Morgan fingerprint density at radius 1 is 1.21 bits per heavy atom. The zero-order chi connectivity index (χ0) is 21.1. The van der Waals surface area contributed by atoms with E-state index in [0.29, 0.717) is 17.0 Å². The van der Waals surface area contributed by atoms with Crippen LogP contribution in [0.15, 0.2) is 17.3 Å². The molecular weight excluding hydrogens is 395 g/mol. The van der Waals surface area contributed by atoms with Crippen molar-refractivity contribution >= 4 is 29.3 Å². The van der Waals surface area contributed by atoms with Crippen molar-refractivity contribution in [2.24, 2.45) is 0 Å². The molecule has 152 valence electrons. The lowest BCUT2D eigenvalue weighted by Crippen LogP contribution is -2.37. The van der Waals surface area contributed by atoms with Crippen molar-refractivity contribution in [3.63, 3.8) is 0 Å². The first-order valence-electron chi connectivity index (χ1n) is 8.29. The molecule has 0 spiro atoms. The molecule has 0 aliphatic carbocycles. The van der Waals surface area contributed by atoms with Gasteiger partial charge in [-0.25, -0.2) is 18.2 Å². The molecule has 0 aliphatic heterocycles. The number of H-pyrrole nitrogens is 1. The van der Waals surface area contributed by atoms with Gasteiger partial charge in [0.25, 0.3) is 0 Å². The number of aromatic amines is 1. The molecule has 0 radical (unpaired) electrons. The predicted octanol–water partition coefficient (Wildman–Crippen LogP) is 2.76. The van der Waals surface area contributed by atoms with Gasteiger partial charge in [0.05, 0.1) is 17.5 Å². The minimum atomic E-state index is -1.69. The van der Waals surface area contributed by atoms with Crippen LogP contribution in [-0.2, 0) is 15.0 Å². The van der Waals surface area contributed by atoms with E-state index >= 15 is 0 Å². The van der Waals surface area contributed by atoms with Gasteiger partial charge in [-0.2, -0.15) is 0 Å². The molecule has 0 aliphatic rings. The molecule has 1 aromatic heterocycles.